The van der Waals surface area contributed by atoms with E-state index in [0.29, 0.717) is 33.0 Å². The van der Waals surface area contributed by atoms with Crippen LogP contribution in [0.25, 0.3) is 0 Å². The first-order valence-corrected chi connectivity index (χ1v) is 10.1. The van der Waals surface area contributed by atoms with Crippen LogP contribution < -0.4 is 10.5 Å². The van der Waals surface area contributed by atoms with Gasteiger partial charge in [-0.25, -0.2) is 13.1 Å². The van der Waals surface area contributed by atoms with E-state index in [4.69, 9.17) is 5.73 Å². The molecule has 1 aliphatic carbocycles. The zero-order chi connectivity index (χ0) is 15.6. The fraction of sp³-hybridized carbons (Fsp3) is 0.571. The summed E-state index contributed by atoms with van der Waals surface area (Å²) in [6.07, 6.45) is 4.71. The van der Waals surface area contributed by atoms with Gasteiger partial charge in [-0.2, -0.15) is 0 Å². The minimum Gasteiger partial charge on any atom is -0.399 e. The minimum absolute atomic E-state index is 0.208. The predicted molar refractivity (Wildman–Crippen MR) is 92.6 cm³/mol. The van der Waals surface area contributed by atoms with Crippen molar-refractivity contribution in [2.45, 2.75) is 37.5 Å². The lowest BCUT2D eigenvalue weighted by atomic mass is 9.81. The lowest BCUT2D eigenvalue weighted by Gasteiger charge is -2.28. The van der Waals surface area contributed by atoms with Gasteiger partial charge in [-0.15, -0.1) is 0 Å². The molecule has 4 nitrogen and oxygen atoms in total. The Balaban J connectivity index is 2.15. The van der Waals surface area contributed by atoms with Crippen LogP contribution in [0.1, 0.15) is 32.6 Å². The molecule has 0 spiro atoms. The maximum Gasteiger partial charge on any atom is 0.242 e. The van der Waals surface area contributed by atoms with Crippen LogP contribution in [0, 0.1) is 11.8 Å². The number of anilines is 1. The van der Waals surface area contributed by atoms with Crippen molar-refractivity contribution >= 4 is 47.6 Å². The number of nitrogen functional groups attached to an aromatic ring is 1. The largest absolute Gasteiger partial charge is 0.399 e. The second-order valence-electron chi connectivity index (χ2n) is 5.69. The van der Waals surface area contributed by atoms with Gasteiger partial charge in [0, 0.05) is 21.2 Å². The predicted octanol–water partition coefficient (Wildman–Crippen LogP) is 3.90. The van der Waals surface area contributed by atoms with Gasteiger partial charge < -0.3 is 5.73 Å². The van der Waals surface area contributed by atoms with Crippen LogP contribution in [0.15, 0.2) is 26.0 Å². The molecule has 7 heteroatoms. The molecule has 1 aromatic rings. The standard InChI is InChI=1S/C14H20Br2N2O2S/c1-9-4-2-3-5-10(9)8-18-21(19,20)14-12(15)6-11(17)7-13(14)16/h6-7,9-10,18H,2-5,8,17H2,1H3. The molecule has 2 rings (SSSR count). The highest BCUT2D eigenvalue weighted by Crippen LogP contribution is 2.33. The third kappa shape index (κ3) is 4.21. The summed E-state index contributed by atoms with van der Waals surface area (Å²) in [4.78, 5) is 0.208. The molecule has 0 aromatic heterocycles. The van der Waals surface area contributed by atoms with Crippen LogP contribution in [0.5, 0.6) is 0 Å². The van der Waals surface area contributed by atoms with Gasteiger partial charge in [-0.3, -0.25) is 0 Å². The first kappa shape index (κ1) is 17.2. The molecule has 0 aliphatic heterocycles. The summed E-state index contributed by atoms with van der Waals surface area (Å²) in [5.41, 5.74) is 6.21. The van der Waals surface area contributed by atoms with Crippen LogP contribution in [-0.4, -0.2) is 15.0 Å². The number of rotatable bonds is 4. The van der Waals surface area contributed by atoms with Gasteiger partial charge in [0.25, 0.3) is 0 Å². The lowest BCUT2D eigenvalue weighted by molar-refractivity contribution is 0.257. The number of nitrogens with one attached hydrogen (secondary N) is 1. The highest BCUT2D eigenvalue weighted by atomic mass is 79.9. The van der Waals surface area contributed by atoms with E-state index in [1.807, 2.05) is 0 Å². The number of nitrogens with two attached hydrogens (primary N) is 1. The Kier molecular flexibility index (Phi) is 5.73. The van der Waals surface area contributed by atoms with Crippen molar-refractivity contribution in [1.82, 2.24) is 4.72 Å². The van der Waals surface area contributed by atoms with Crippen molar-refractivity contribution in [1.29, 1.82) is 0 Å². The number of hydrogen-bond acceptors (Lipinski definition) is 3. The Labute approximate surface area is 143 Å². The minimum atomic E-state index is -3.56. The summed E-state index contributed by atoms with van der Waals surface area (Å²) in [6.45, 7) is 2.69. The van der Waals surface area contributed by atoms with Gasteiger partial charge in [0.15, 0.2) is 0 Å². The van der Waals surface area contributed by atoms with E-state index in [9.17, 15) is 8.42 Å². The summed E-state index contributed by atoms with van der Waals surface area (Å²) in [7, 11) is -3.56. The van der Waals surface area contributed by atoms with Crippen molar-refractivity contribution in [2.75, 3.05) is 12.3 Å². The number of halogens is 2. The molecule has 1 fully saturated rings. The highest BCUT2D eigenvalue weighted by molar-refractivity contribution is 9.11. The zero-order valence-electron chi connectivity index (χ0n) is 11.9. The number of sulfonamides is 1. The van der Waals surface area contributed by atoms with Crippen molar-refractivity contribution in [2.24, 2.45) is 11.8 Å². The molecule has 0 bridgehead atoms. The summed E-state index contributed by atoms with van der Waals surface area (Å²) in [5, 5.41) is 0. The first-order valence-electron chi connectivity index (χ1n) is 7.05. The van der Waals surface area contributed by atoms with Gasteiger partial charge >= 0.3 is 0 Å². The van der Waals surface area contributed by atoms with Gasteiger partial charge in [-0.1, -0.05) is 26.2 Å². The average molecular weight is 440 g/mol. The summed E-state index contributed by atoms with van der Waals surface area (Å²) in [5.74, 6) is 0.986. The Morgan fingerprint density at radius 2 is 1.81 bits per heavy atom. The SMILES string of the molecule is CC1CCCCC1CNS(=O)(=O)c1c(Br)cc(N)cc1Br. The lowest BCUT2D eigenvalue weighted by Crippen LogP contribution is -2.33. The molecule has 0 amide bonds. The molecule has 2 atom stereocenters. The second-order valence-corrected chi connectivity index (χ2v) is 9.10. The van der Waals surface area contributed by atoms with Crippen molar-refractivity contribution < 1.29 is 8.42 Å². The van der Waals surface area contributed by atoms with E-state index in [1.54, 1.807) is 12.1 Å². The zero-order valence-corrected chi connectivity index (χ0v) is 15.9. The van der Waals surface area contributed by atoms with Gasteiger partial charge in [0.05, 0.1) is 0 Å². The van der Waals surface area contributed by atoms with Crippen molar-refractivity contribution in [3.05, 3.63) is 21.1 Å². The normalized spacial score (nSPS) is 23.2. The molecule has 21 heavy (non-hydrogen) atoms. The van der Waals surface area contributed by atoms with Crippen molar-refractivity contribution in [3.8, 4) is 0 Å². The van der Waals surface area contributed by atoms with Crippen LogP contribution in [-0.2, 0) is 10.0 Å². The number of hydrogen-bond donors (Lipinski definition) is 2. The molecule has 1 aromatic carbocycles. The van der Waals surface area contributed by atoms with E-state index >= 15 is 0 Å². The molecule has 1 saturated carbocycles. The fourth-order valence-electron chi connectivity index (χ4n) is 2.82. The highest BCUT2D eigenvalue weighted by Gasteiger charge is 2.26. The van der Waals surface area contributed by atoms with E-state index in [1.165, 1.54) is 19.3 Å². The van der Waals surface area contributed by atoms with Gasteiger partial charge in [0.1, 0.15) is 4.90 Å². The summed E-state index contributed by atoms with van der Waals surface area (Å²) < 4.78 is 28.7. The van der Waals surface area contributed by atoms with Gasteiger partial charge in [-0.05, 0) is 62.2 Å². The maximum absolute atomic E-state index is 12.5. The van der Waals surface area contributed by atoms with E-state index in [0.717, 1.165) is 6.42 Å². The molecule has 118 valence electrons. The molecular formula is C14H20Br2N2O2S. The molecular weight excluding hydrogens is 420 g/mol. The van der Waals surface area contributed by atoms with Crippen LogP contribution in [0.4, 0.5) is 5.69 Å². The van der Waals surface area contributed by atoms with Crippen LogP contribution in [0.3, 0.4) is 0 Å². The topological polar surface area (TPSA) is 72.2 Å². The Bertz CT molecular complexity index is 596. The Hall–Kier alpha value is -0.110. The third-order valence-corrected chi connectivity index (χ3v) is 7.41. The summed E-state index contributed by atoms with van der Waals surface area (Å²) in [6, 6.07) is 3.20. The molecule has 3 N–H and O–H groups in total. The third-order valence-electron chi connectivity index (χ3n) is 4.11. The molecule has 0 heterocycles. The van der Waals surface area contributed by atoms with E-state index in [2.05, 4.69) is 43.5 Å². The average Bonchev–Trinajstić information content (AvgIpc) is 2.36. The summed E-state index contributed by atoms with van der Waals surface area (Å²) >= 11 is 6.56. The fourth-order valence-corrected chi connectivity index (χ4v) is 6.53. The molecule has 0 saturated heterocycles. The van der Waals surface area contributed by atoms with Gasteiger partial charge in [0.2, 0.25) is 10.0 Å². The quantitative estimate of drug-likeness (QED) is 0.698. The molecule has 2 unspecified atom stereocenters. The molecule has 0 radical (unpaired) electrons. The van der Waals surface area contributed by atoms with Crippen LogP contribution >= 0.6 is 31.9 Å². The van der Waals surface area contributed by atoms with Crippen LogP contribution in [0.2, 0.25) is 0 Å². The monoisotopic (exact) mass is 438 g/mol. The maximum atomic E-state index is 12.5. The number of benzene rings is 1. The van der Waals surface area contributed by atoms with Crippen molar-refractivity contribution in [3.63, 3.8) is 0 Å². The van der Waals surface area contributed by atoms with E-state index < -0.39 is 10.0 Å². The smallest absolute Gasteiger partial charge is 0.242 e. The first-order chi connectivity index (χ1) is 9.81. The second kappa shape index (κ2) is 6.98. The molecule has 1 aliphatic rings. The Morgan fingerprint density at radius 1 is 1.24 bits per heavy atom. The Morgan fingerprint density at radius 3 is 2.38 bits per heavy atom. The van der Waals surface area contributed by atoms with E-state index in [-0.39, 0.29) is 4.90 Å².